The highest BCUT2D eigenvalue weighted by atomic mass is 35.5. The molecule has 0 bridgehead atoms. The second-order valence-electron chi connectivity index (χ2n) is 7.88. The number of methoxy groups -OCH3 is 1. The van der Waals surface area contributed by atoms with Crippen LogP contribution >= 0.6 is 23.4 Å². The smallest absolute Gasteiger partial charge is 0.241 e. The Hall–Kier alpha value is -2.96. The average molecular weight is 481 g/mol. The summed E-state index contributed by atoms with van der Waals surface area (Å²) < 4.78 is 5.36. The Morgan fingerprint density at radius 1 is 1.12 bits per heavy atom. The molecule has 1 N–H and O–H groups in total. The SMILES string of the molecule is COc1ccccc1CNC(=O)C(C)C1Sc2ccccc2N(Cc2cccc(Cl)c2)C1=O. The van der Waals surface area contributed by atoms with Crippen LogP contribution in [0.15, 0.2) is 77.7 Å². The van der Waals surface area contributed by atoms with Gasteiger partial charge in [-0.05, 0) is 35.9 Å². The van der Waals surface area contributed by atoms with Crippen molar-refractivity contribution in [3.63, 3.8) is 0 Å². The van der Waals surface area contributed by atoms with Gasteiger partial charge in [0.1, 0.15) is 11.0 Å². The summed E-state index contributed by atoms with van der Waals surface area (Å²) in [6.45, 7) is 2.53. The first kappa shape index (κ1) is 23.2. The van der Waals surface area contributed by atoms with Gasteiger partial charge in [-0.25, -0.2) is 0 Å². The topological polar surface area (TPSA) is 58.6 Å². The van der Waals surface area contributed by atoms with Gasteiger partial charge in [0.2, 0.25) is 11.8 Å². The molecular formula is C26H25ClN2O3S. The number of hydrogen-bond acceptors (Lipinski definition) is 4. The lowest BCUT2D eigenvalue weighted by molar-refractivity contribution is -0.128. The summed E-state index contributed by atoms with van der Waals surface area (Å²) in [5, 5.41) is 3.06. The molecule has 0 saturated carbocycles. The zero-order chi connectivity index (χ0) is 23.4. The summed E-state index contributed by atoms with van der Waals surface area (Å²) in [7, 11) is 1.60. The molecule has 2 atom stereocenters. The number of amides is 2. The third kappa shape index (κ3) is 5.18. The molecule has 0 radical (unpaired) electrons. The molecule has 1 aliphatic heterocycles. The van der Waals surface area contributed by atoms with Crippen molar-refractivity contribution in [2.24, 2.45) is 5.92 Å². The van der Waals surface area contributed by atoms with Crippen LogP contribution in [0.1, 0.15) is 18.1 Å². The number of benzene rings is 3. The van der Waals surface area contributed by atoms with E-state index in [1.54, 1.807) is 18.9 Å². The van der Waals surface area contributed by atoms with E-state index in [2.05, 4.69) is 5.32 Å². The zero-order valence-electron chi connectivity index (χ0n) is 18.5. The maximum absolute atomic E-state index is 13.6. The fourth-order valence-electron chi connectivity index (χ4n) is 3.87. The Morgan fingerprint density at radius 3 is 2.67 bits per heavy atom. The summed E-state index contributed by atoms with van der Waals surface area (Å²) in [5.41, 5.74) is 2.67. The van der Waals surface area contributed by atoms with E-state index in [0.717, 1.165) is 27.5 Å². The fraction of sp³-hybridized carbons (Fsp3) is 0.231. The van der Waals surface area contributed by atoms with E-state index in [4.69, 9.17) is 16.3 Å². The maximum Gasteiger partial charge on any atom is 0.241 e. The van der Waals surface area contributed by atoms with Gasteiger partial charge in [0.15, 0.2) is 0 Å². The van der Waals surface area contributed by atoms with Crippen LogP contribution in [-0.4, -0.2) is 24.2 Å². The lowest BCUT2D eigenvalue weighted by atomic mass is 10.0. The number of fused-ring (bicyclic) bond motifs is 1. The Kier molecular flexibility index (Phi) is 7.26. The number of ether oxygens (including phenoxy) is 1. The van der Waals surface area contributed by atoms with Crippen molar-refractivity contribution in [2.45, 2.75) is 30.2 Å². The molecule has 0 aliphatic carbocycles. The van der Waals surface area contributed by atoms with Gasteiger partial charge in [0, 0.05) is 22.0 Å². The highest BCUT2D eigenvalue weighted by Crippen LogP contribution is 2.42. The van der Waals surface area contributed by atoms with E-state index in [1.807, 2.05) is 72.8 Å². The molecule has 0 fully saturated rings. The van der Waals surface area contributed by atoms with E-state index in [1.165, 1.54) is 11.8 Å². The fourth-order valence-corrected chi connectivity index (χ4v) is 5.36. The first-order chi connectivity index (χ1) is 16.0. The van der Waals surface area contributed by atoms with Crippen LogP contribution in [-0.2, 0) is 22.7 Å². The molecule has 2 unspecified atom stereocenters. The lowest BCUT2D eigenvalue weighted by Crippen LogP contribution is -2.47. The Balaban J connectivity index is 1.53. The first-order valence-corrected chi connectivity index (χ1v) is 11.9. The Labute approximate surface area is 203 Å². The normalized spacial score (nSPS) is 16.2. The predicted molar refractivity (Wildman–Crippen MR) is 133 cm³/mol. The van der Waals surface area contributed by atoms with Crippen LogP contribution in [0.2, 0.25) is 5.02 Å². The molecule has 0 spiro atoms. The molecule has 33 heavy (non-hydrogen) atoms. The molecule has 3 aromatic rings. The zero-order valence-corrected chi connectivity index (χ0v) is 20.0. The minimum absolute atomic E-state index is 0.0846. The number of halogens is 1. The molecule has 1 aliphatic rings. The van der Waals surface area contributed by atoms with Crippen molar-refractivity contribution in [3.8, 4) is 5.75 Å². The van der Waals surface area contributed by atoms with Crippen molar-refractivity contribution in [1.29, 1.82) is 0 Å². The lowest BCUT2D eigenvalue weighted by Gasteiger charge is -2.35. The average Bonchev–Trinajstić information content (AvgIpc) is 2.84. The molecule has 4 rings (SSSR count). The summed E-state index contributed by atoms with van der Waals surface area (Å²) >= 11 is 7.60. The monoisotopic (exact) mass is 480 g/mol. The third-order valence-electron chi connectivity index (χ3n) is 5.66. The quantitative estimate of drug-likeness (QED) is 0.498. The van der Waals surface area contributed by atoms with Crippen molar-refractivity contribution >= 4 is 40.9 Å². The van der Waals surface area contributed by atoms with Crippen LogP contribution in [0, 0.1) is 5.92 Å². The van der Waals surface area contributed by atoms with Crippen LogP contribution in [0.3, 0.4) is 0 Å². The van der Waals surface area contributed by atoms with Crippen LogP contribution in [0.25, 0.3) is 0 Å². The van der Waals surface area contributed by atoms with Gasteiger partial charge in [-0.1, -0.05) is 61.0 Å². The molecule has 7 heteroatoms. The van der Waals surface area contributed by atoms with Gasteiger partial charge in [-0.3, -0.25) is 9.59 Å². The number of anilines is 1. The molecule has 170 valence electrons. The van der Waals surface area contributed by atoms with E-state index in [0.29, 0.717) is 18.1 Å². The number of para-hydroxylation sites is 2. The molecule has 3 aromatic carbocycles. The number of thioether (sulfide) groups is 1. The molecule has 0 aromatic heterocycles. The third-order valence-corrected chi connectivity index (χ3v) is 7.36. The van der Waals surface area contributed by atoms with Crippen molar-refractivity contribution in [3.05, 3.63) is 88.9 Å². The summed E-state index contributed by atoms with van der Waals surface area (Å²) in [4.78, 5) is 29.3. The van der Waals surface area contributed by atoms with E-state index < -0.39 is 11.2 Å². The maximum atomic E-state index is 13.6. The first-order valence-electron chi connectivity index (χ1n) is 10.7. The van der Waals surface area contributed by atoms with Gasteiger partial charge < -0.3 is 15.0 Å². The van der Waals surface area contributed by atoms with Gasteiger partial charge in [-0.2, -0.15) is 0 Å². The second-order valence-corrected chi connectivity index (χ2v) is 9.50. The standard InChI is InChI=1S/C26H25ClN2O3S/c1-17(25(30)28-15-19-9-3-5-12-22(19)32-2)24-26(31)29(16-18-8-7-10-20(27)14-18)21-11-4-6-13-23(21)33-24/h3-14,17,24H,15-16H2,1-2H3,(H,28,30). The summed E-state index contributed by atoms with van der Waals surface area (Å²) in [6.07, 6.45) is 0. The van der Waals surface area contributed by atoms with E-state index in [9.17, 15) is 9.59 Å². The molecule has 2 amide bonds. The van der Waals surface area contributed by atoms with E-state index >= 15 is 0 Å². The molecule has 0 saturated heterocycles. The van der Waals surface area contributed by atoms with Gasteiger partial charge >= 0.3 is 0 Å². The Bertz CT molecular complexity index is 1170. The molecule has 1 heterocycles. The number of rotatable bonds is 7. The van der Waals surface area contributed by atoms with Crippen LogP contribution in [0.4, 0.5) is 5.69 Å². The Morgan fingerprint density at radius 2 is 1.88 bits per heavy atom. The molecular weight excluding hydrogens is 456 g/mol. The van der Waals surface area contributed by atoms with Crippen LogP contribution in [0.5, 0.6) is 5.75 Å². The number of nitrogens with zero attached hydrogens (tertiary/aromatic N) is 1. The summed E-state index contributed by atoms with van der Waals surface area (Å²) in [6, 6.07) is 22.8. The van der Waals surface area contributed by atoms with Crippen LogP contribution < -0.4 is 15.0 Å². The predicted octanol–water partition coefficient (Wildman–Crippen LogP) is 5.31. The minimum atomic E-state index is -0.531. The van der Waals surface area contributed by atoms with Crippen molar-refractivity contribution in [2.75, 3.05) is 12.0 Å². The summed E-state index contributed by atoms with van der Waals surface area (Å²) in [5.74, 6) is -0.0601. The number of hydrogen-bond donors (Lipinski definition) is 1. The highest BCUT2D eigenvalue weighted by molar-refractivity contribution is 8.01. The number of carbonyl (C=O) groups excluding carboxylic acids is 2. The number of carbonyl (C=O) groups is 2. The number of nitrogens with one attached hydrogen (secondary N) is 1. The molecule has 5 nitrogen and oxygen atoms in total. The van der Waals surface area contributed by atoms with Gasteiger partial charge in [-0.15, -0.1) is 11.8 Å². The van der Waals surface area contributed by atoms with Crippen molar-refractivity contribution < 1.29 is 14.3 Å². The second kappa shape index (κ2) is 10.3. The van der Waals surface area contributed by atoms with Crippen molar-refractivity contribution in [1.82, 2.24) is 5.32 Å². The van der Waals surface area contributed by atoms with Gasteiger partial charge in [0.05, 0.1) is 25.3 Å². The van der Waals surface area contributed by atoms with Gasteiger partial charge in [0.25, 0.3) is 0 Å². The minimum Gasteiger partial charge on any atom is -0.496 e. The van der Waals surface area contributed by atoms with E-state index in [-0.39, 0.29) is 11.8 Å². The largest absolute Gasteiger partial charge is 0.496 e. The highest BCUT2D eigenvalue weighted by Gasteiger charge is 2.39.